The standard InChI is InChI=1S/C14H25NO4.C2H4O2/c1-10(2)13(16)18-8-9-19-14(17)12(15)11-6-4-3-5-7-11;1-2(3)4/h10-12H,3-9,15H2,1-2H3;1H3,(H,3,4). The molecule has 1 aliphatic carbocycles. The predicted octanol–water partition coefficient (Wildman–Crippen LogP) is 1.73. The smallest absolute Gasteiger partial charge is 0.323 e. The minimum atomic E-state index is -0.833. The summed E-state index contributed by atoms with van der Waals surface area (Å²) in [5, 5.41) is 7.42. The van der Waals surface area contributed by atoms with E-state index < -0.39 is 12.0 Å². The third-order valence-corrected chi connectivity index (χ3v) is 3.47. The van der Waals surface area contributed by atoms with Crippen LogP contribution in [0.25, 0.3) is 0 Å². The highest BCUT2D eigenvalue weighted by atomic mass is 16.6. The molecule has 0 aromatic rings. The van der Waals surface area contributed by atoms with E-state index in [0.29, 0.717) is 0 Å². The van der Waals surface area contributed by atoms with Gasteiger partial charge in [0.05, 0.1) is 5.92 Å². The molecule has 7 heteroatoms. The summed E-state index contributed by atoms with van der Waals surface area (Å²) in [6.07, 6.45) is 5.50. The van der Waals surface area contributed by atoms with Crippen LogP contribution in [0.15, 0.2) is 0 Å². The van der Waals surface area contributed by atoms with E-state index in [0.717, 1.165) is 32.6 Å². The Kier molecular flexibility index (Phi) is 11.0. The number of carbonyl (C=O) groups is 3. The first-order chi connectivity index (χ1) is 10.8. The Labute approximate surface area is 137 Å². The van der Waals surface area contributed by atoms with Crippen molar-refractivity contribution in [3.05, 3.63) is 0 Å². The van der Waals surface area contributed by atoms with Gasteiger partial charge in [-0.3, -0.25) is 14.4 Å². The second-order valence-corrected chi connectivity index (χ2v) is 5.93. The lowest BCUT2D eigenvalue weighted by Crippen LogP contribution is -2.40. The molecular weight excluding hydrogens is 302 g/mol. The Morgan fingerprint density at radius 2 is 1.48 bits per heavy atom. The van der Waals surface area contributed by atoms with Gasteiger partial charge in [0.15, 0.2) is 0 Å². The maximum atomic E-state index is 11.7. The molecule has 0 aromatic heterocycles. The van der Waals surface area contributed by atoms with E-state index in [1.807, 2.05) is 0 Å². The van der Waals surface area contributed by atoms with Crippen LogP contribution >= 0.6 is 0 Å². The van der Waals surface area contributed by atoms with Gasteiger partial charge in [0, 0.05) is 6.92 Å². The lowest BCUT2D eigenvalue weighted by Gasteiger charge is -2.25. The van der Waals surface area contributed by atoms with Gasteiger partial charge >= 0.3 is 11.9 Å². The zero-order valence-electron chi connectivity index (χ0n) is 14.2. The highest BCUT2D eigenvalue weighted by Gasteiger charge is 2.27. The van der Waals surface area contributed by atoms with Crippen LogP contribution < -0.4 is 5.73 Å². The third kappa shape index (κ3) is 10.7. The second kappa shape index (κ2) is 11.9. The molecule has 0 saturated heterocycles. The van der Waals surface area contributed by atoms with Crippen molar-refractivity contribution in [1.82, 2.24) is 0 Å². The number of carboxylic acid groups (broad SMARTS) is 1. The van der Waals surface area contributed by atoms with Crippen molar-refractivity contribution >= 4 is 17.9 Å². The Hall–Kier alpha value is -1.63. The van der Waals surface area contributed by atoms with Crippen LogP contribution in [0.5, 0.6) is 0 Å². The minimum absolute atomic E-state index is 0.0811. The average Bonchev–Trinajstić information content (AvgIpc) is 2.50. The van der Waals surface area contributed by atoms with Crippen LogP contribution in [0.2, 0.25) is 0 Å². The van der Waals surface area contributed by atoms with Crippen LogP contribution in [0.1, 0.15) is 52.9 Å². The fourth-order valence-electron chi connectivity index (χ4n) is 2.23. The van der Waals surface area contributed by atoms with Crippen LogP contribution in [-0.2, 0) is 23.9 Å². The molecule has 0 aromatic carbocycles. The molecule has 0 bridgehead atoms. The molecule has 0 aliphatic heterocycles. The molecular formula is C16H29NO6. The molecule has 1 rings (SSSR count). The number of carbonyl (C=O) groups excluding carboxylic acids is 2. The first-order valence-electron chi connectivity index (χ1n) is 8.04. The van der Waals surface area contributed by atoms with Gasteiger partial charge in [-0.1, -0.05) is 33.1 Å². The first-order valence-corrected chi connectivity index (χ1v) is 8.04. The van der Waals surface area contributed by atoms with E-state index in [4.69, 9.17) is 25.1 Å². The third-order valence-electron chi connectivity index (χ3n) is 3.47. The van der Waals surface area contributed by atoms with Crippen LogP contribution in [0, 0.1) is 11.8 Å². The van der Waals surface area contributed by atoms with Gasteiger partial charge in [-0.25, -0.2) is 0 Å². The fourth-order valence-corrected chi connectivity index (χ4v) is 2.23. The number of ether oxygens (including phenoxy) is 2. The Balaban J connectivity index is 0.00000108. The van der Waals surface area contributed by atoms with Gasteiger partial charge in [-0.05, 0) is 18.8 Å². The molecule has 1 aliphatic rings. The lowest BCUT2D eigenvalue weighted by atomic mass is 9.84. The zero-order chi connectivity index (χ0) is 17.8. The summed E-state index contributed by atoms with van der Waals surface area (Å²) in [4.78, 5) is 31.9. The number of hydrogen-bond donors (Lipinski definition) is 2. The SMILES string of the molecule is CC(=O)O.CC(C)C(=O)OCCOC(=O)C(N)C1CCCCC1. The number of aliphatic carboxylic acids is 1. The van der Waals surface area contributed by atoms with Gasteiger partial charge < -0.3 is 20.3 Å². The van der Waals surface area contributed by atoms with Crippen molar-refractivity contribution in [1.29, 1.82) is 0 Å². The molecule has 1 saturated carbocycles. The summed E-state index contributed by atoms with van der Waals surface area (Å²) in [5.74, 6) is -1.43. The summed E-state index contributed by atoms with van der Waals surface area (Å²) >= 11 is 0. The highest BCUT2D eigenvalue weighted by molar-refractivity contribution is 5.76. The predicted molar refractivity (Wildman–Crippen MR) is 84.6 cm³/mol. The summed E-state index contributed by atoms with van der Waals surface area (Å²) in [5.41, 5.74) is 5.90. The van der Waals surface area contributed by atoms with Crippen LogP contribution in [0.3, 0.4) is 0 Å². The molecule has 0 heterocycles. The number of rotatable bonds is 6. The normalized spacial score (nSPS) is 16.0. The number of carboxylic acids is 1. The molecule has 1 atom stereocenters. The molecule has 1 unspecified atom stereocenters. The molecule has 0 amide bonds. The van der Waals surface area contributed by atoms with E-state index in [-0.39, 0.29) is 37.0 Å². The summed E-state index contributed by atoms with van der Waals surface area (Å²) < 4.78 is 9.97. The topological polar surface area (TPSA) is 116 Å². The summed E-state index contributed by atoms with van der Waals surface area (Å²) in [6.45, 7) is 4.78. The minimum Gasteiger partial charge on any atom is -0.481 e. The van der Waals surface area contributed by atoms with Gasteiger partial charge in [-0.2, -0.15) is 0 Å². The van der Waals surface area contributed by atoms with Gasteiger partial charge in [-0.15, -0.1) is 0 Å². The summed E-state index contributed by atoms with van der Waals surface area (Å²) in [6, 6.07) is -0.541. The van der Waals surface area contributed by atoms with Crippen LogP contribution in [0.4, 0.5) is 0 Å². The highest BCUT2D eigenvalue weighted by Crippen LogP contribution is 2.26. The number of nitrogens with two attached hydrogens (primary N) is 1. The lowest BCUT2D eigenvalue weighted by molar-refractivity contribution is -0.155. The van der Waals surface area contributed by atoms with Crippen molar-refractivity contribution in [3.8, 4) is 0 Å². The van der Waals surface area contributed by atoms with Crippen molar-refractivity contribution in [2.75, 3.05) is 13.2 Å². The molecule has 1 fully saturated rings. The maximum Gasteiger partial charge on any atom is 0.323 e. The van der Waals surface area contributed by atoms with E-state index in [9.17, 15) is 9.59 Å². The van der Waals surface area contributed by atoms with Crippen molar-refractivity contribution in [2.45, 2.75) is 58.9 Å². The van der Waals surface area contributed by atoms with E-state index >= 15 is 0 Å². The van der Waals surface area contributed by atoms with E-state index in [1.165, 1.54) is 6.42 Å². The van der Waals surface area contributed by atoms with Crippen molar-refractivity contribution < 1.29 is 29.0 Å². The first kappa shape index (κ1) is 21.4. The van der Waals surface area contributed by atoms with E-state index in [2.05, 4.69) is 0 Å². The number of hydrogen-bond acceptors (Lipinski definition) is 6. The molecule has 3 N–H and O–H groups in total. The Morgan fingerprint density at radius 1 is 1.04 bits per heavy atom. The van der Waals surface area contributed by atoms with E-state index in [1.54, 1.807) is 13.8 Å². The molecule has 7 nitrogen and oxygen atoms in total. The maximum absolute atomic E-state index is 11.7. The fraction of sp³-hybridized carbons (Fsp3) is 0.812. The number of esters is 2. The van der Waals surface area contributed by atoms with Crippen molar-refractivity contribution in [2.24, 2.45) is 17.6 Å². The quantitative estimate of drug-likeness (QED) is 0.562. The molecule has 0 spiro atoms. The second-order valence-electron chi connectivity index (χ2n) is 5.93. The van der Waals surface area contributed by atoms with Crippen molar-refractivity contribution in [3.63, 3.8) is 0 Å². The molecule has 23 heavy (non-hydrogen) atoms. The zero-order valence-corrected chi connectivity index (χ0v) is 14.2. The summed E-state index contributed by atoms with van der Waals surface area (Å²) in [7, 11) is 0. The van der Waals surface area contributed by atoms with Gasteiger partial charge in [0.1, 0.15) is 19.3 Å². The monoisotopic (exact) mass is 331 g/mol. The molecule has 134 valence electrons. The Bertz CT molecular complexity index is 373. The average molecular weight is 331 g/mol. The van der Waals surface area contributed by atoms with Crippen LogP contribution in [-0.4, -0.2) is 42.3 Å². The van der Waals surface area contributed by atoms with Gasteiger partial charge in [0.2, 0.25) is 0 Å². The molecule has 0 radical (unpaired) electrons. The Morgan fingerprint density at radius 3 is 1.91 bits per heavy atom. The van der Waals surface area contributed by atoms with Gasteiger partial charge in [0.25, 0.3) is 5.97 Å². The largest absolute Gasteiger partial charge is 0.481 e.